The van der Waals surface area contributed by atoms with E-state index < -0.39 is 19.8 Å². The normalized spacial score (nSPS) is 13.6. The quantitative estimate of drug-likeness (QED) is 0.506. The van der Waals surface area contributed by atoms with Crippen LogP contribution in [0, 0.1) is 0 Å². The number of nitrogens with zero attached hydrogens (tertiary/aromatic N) is 3. The predicted molar refractivity (Wildman–Crippen MR) is 124 cm³/mol. The van der Waals surface area contributed by atoms with Crippen LogP contribution in [0.2, 0.25) is 25.7 Å². The summed E-state index contributed by atoms with van der Waals surface area (Å²) in [6.45, 7) is 14.5. The minimum Gasteiger partial charge on any atom is -0.444 e. The van der Waals surface area contributed by atoms with Crippen molar-refractivity contribution in [2.45, 2.75) is 65.3 Å². The molecule has 0 unspecified atom stereocenters. The second-order valence-corrected chi connectivity index (χ2v) is 15.7. The molecule has 7 nitrogen and oxygen atoms in total. The summed E-state index contributed by atoms with van der Waals surface area (Å²) in [5.74, 6) is 0. The minimum absolute atomic E-state index is 0.451. The van der Waals surface area contributed by atoms with Gasteiger partial charge < -0.3 is 14.4 Å². The van der Waals surface area contributed by atoms with Crippen LogP contribution < -0.4 is 10.2 Å². The molecule has 0 saturated carbocycles. The number of hydrogen-bond donors (Lipinski definition) is 1. The highest BCUT2D eigenvalue weighted by molar-refractivity contribution is 6.76. The third kappa shape index (κ3) is 5.63. The monoisotopic (exact) mass is 430 g/mol. The van der Waals surface area contributed by atoms with Crippen molar-refractivity contribution in [1.82, 2.24) is 9.78 Å². The van der Waals surface area contributed by atoms with Gasteiger partial charge in [0.05, 0.1) is 17.1 Å². The van der Waals surface area contributed by atoms with E-state index in [1.807, 2.05) is 50.7 Å². The molecule has 30 heavy (non-hydrogen) atoms. The largest absolute Gasteiger partial charge is 0.444 e. The van der Waals surface area contributed by atoms with Gasteiger partial charge in [-0.1, -0.05) is 31.8 Å². The van der Waals surface area contributed by atoms with Crippen molar-refractivity contribution >= 4 is 25.5 Å². The Morgan fingerprint density at radius 1 is 1.27 bits per heavy atom. The number of amides is 1. The van der Waals surface area contributed by atoms with E-state index >= 15 is 0 Å². The van der Waals surface area contributed by atoms with Crippen molar-refractivity contribution in [1.29, 1.82) is 0 Å². The Morgan fingerprint density at radius 2 is 2.00 bits per heavy atom. The molecule has 1 N–H and O–H groups in total. The van der Waals surface area contributed by atoms with Crippen LogP contribution in [0.3, 0.4) is 0 Å². The number of aromatic nitrogens is 2. The molecule has 0 aliphatic carbocycles. The first-order valence-corrected chi connectivity index (χ1v) is 14.1. The summed E-state index contributed by atoms with van der Waals surface area (Å²) < 4.78 is 13.1. The molecular formula is C22H34N4O3Si. The Morgan fingerprint density at radius 3 is 2.67 bits per heavy atom. The summed E-state index contributed by atoms with van der Waals surface area (Å²) in [5, 5.41) is 7.66. The molecule has 0 spiro atoms. The van der Waals surface area contributed by atoms with E-state index in [9.17, 15) is 4.79 Å². The van der Waals surface area contributed by atoms with Crippen LogP contribution in [-0.4, -0.2) is 43.2 Å². The minimum atomic E-state index is -1.10. The number of carbonyl (C=O) groups is 1. The molecule has 0 bridgehead atoms. The molecule has 2 aromatic rings. The highest BCUT2D eigenvalue weighted by Crippen LogP contribution is 2.42. The van der Waals surface area contributed by atoms with E-state index in [0.29, 0.717) is 13.3 Å². The van der Waals surface area contributed by atoms with Gasteiger partial charge in [0.15, 0.2) is 0 Å². The van der Waals surface area contributed by atoms with E-state index in [1.165, 1.54) is 0 Å². The fourth-order valence-electron chi connectivity index (χ4n) is 3.40. The first-order chi connectivity index (χ1) is 13.9. The Hall–Kier alpha value is -2.32. The third-order valence-electron chi connectivity index (χ3n) is 4.77. The highest BCUT2D eigenvalue weighted by atomic mass is 28.3. The summed E-state index contributed by atoms with van der Waals surface area (Å²) >= 11 is 0. The van der Waals surface area contributed by atoms with Gasteiger partial charge in [-0.3, -0.25) is 5.32 Å². The maximum atomic E-state index is 12.3. The van der Waals surface area contributed by atoms with Gasteiger partial charge >= 0.3 is 6.09 Å². The van der Waals surface area contributed by atoms with Crippen LogP contribution >= 0.6 is 0 Å². The lowest BCUT2D eigenvalue weighted by molar-refractivity contribution is 0.0636. The molecule has 0 atom stereocenters. The van der Waals surface area contributed by atoms with Gasteiger partial charge in [-0.05, 0) is 32.9 Å². The second kappa shape index (κ2) is 8.43. The highest BCUT2D eigenvalue weighted by Gasteiger charge is 2.27. The molecule has 164 valence electrons. The Balaban J connectivity index is 1.78. The van der Waals surface area contributed by atoms with E-state index in [0.717, 1.165) is 40.8 Å². The number of benzene rings is 1. The number of carbonyl (C=O) groups excluding carboxylic acids is 1. The summed E-state index contributed by atoms with van der Waals surface area (Å²) in [7, 11) is 0.915. The van der Waals surface area contributed by atoms with E-state index in [4.69, 9.17) is 14.6 Å². The molecule has 3 rings (SSSR count). The van der Waals surface area contributed by atoms with E-state index in [-0.39, 0.29) is 0 Å². The van der Waals surface area contributed by atoms with Crippen molar-refractivity contribution in [2.24, 2.45) is 0 Å². The number of hydrogen-bond acceptors (Lipinski definition) is 5. The number of para-hydroxylation sites is 1. The molecule has 0 fully saturated rings. The number of ether oxygens (including phenoxy) is 2. The van der Waals surface area contributed by atoms with Crippen LogP contribution in [0.25, 0.3) is 11.3 Å². The first kappa shape index (κ1) is 22.4. The lowest BCUT2D eigenvalue weighted by Gasteiger charge is -2.29. The molecule has 1 aromatic carbocycles. The SMILES string of the molecule is CN1Cc2cn(COCC[Si](C)(C)C)nc2-c2cccc(NC(=O)OC(C)(C)C)c21. The lowest BCUT2D eigenvalue weighted by Crippen LogP contribution is -2.28. The Labute approximate surface area is 180 Å². The molecule has 0 saturated heterocycles. The van der Waals surface area contributed by atoms with Crippen LogP contribution in [0.4, 0.5) is 16.2 Å². The van der Waals surface area contributed by atoms with Crippen LogP contribution in [-0.2, 0) is 22.7 Å². The second-order valence-electron chi connectivity index (χ2n) is 10.1. The molecule has 0 radical (unpaired) electrons. The fraction of sp³-hybridized carbons (Fsp3) is 0.545. The molecule has 1 aromatic heterocycles. The maximum absolute atomic E-state index is 12.3. The summed E-state index contributed by atoms with van der Waals surface area (Å²) in [5.41, 5.74) is 4.19. The summed E-state index contributed by atoms with van der Waals surface area (Å²) in [6, 6.07) is 6.99. The molecule has 1 aliphatic heterocycles. The van der Waals surface area contributed by atoms with Crippen LogP contribution in [0.5, 0.6) is 0 Å². The maximum Gasteiger partial charge on any atom is 0.412 e. The number of anilines is 2. The smallest absolute Gasteiger partial charge is 0.412 e. The standard InChI is InChI=1S/C22H34N4O3Si/c1-22(2,3)29-21(27)23-18-10-8-9-17-19-16(13-25(4)20(17)18)14-26(24-19)15-28-11-12-30(5,6)7/h8-10,14H,11-13,15H2,1-7H3,(H,23,27). The van der Waals surface area contributed by atoms with Crippen LogP contribution in [0.15, 0.2) is 24.4 Å². The van der Waals surface area contributed by atoms with Gasteiger partial charge in [-0.2, -0.15) is 5.10 Å². The Bertz CT molecular complexity index is 912. The first-order valence-electron chi connectivity index (χ1n) is 10.4. The molecule has 2 heterocycles. The van der Waals surface area contributed by atoms with Gasteiger partial charge in [0, 0.05) is 45.6 Å². The van der Waals surface area contributed by atoms with Crippen molar-refractivity contribution in [3.8, 4) is 11.3 Å². The molecule has 1 amide bonds. The number of nitrogens with one attached hydrogen (secondary N) is 1. The van der Waals surface area contributed by atoms with Gasteiger partial charge in [0.25, 0.3) is 0 Å². The predicted octanol–water partition coefficient (Wildman–Crippen LogP) is 5.16. The average molecular weight is 431 g/mol. The number of rotatable bonds is 6. The molecule has 1 aliphatic rings. The lowest BCUT2D eigenvalue weighted by atomic mass is 9.99. The van der Waals surface area contributed by atoms with E-state index in [2.05, 4.69) is 36.1 Å². The average Bonchev–Trinajstić information content (AvgIpc) is 2.99. The van der Waals surface area contributed by atoms with Crippen molar-refractivity contribution in [3.05, 3.63) is 30.0 Å². The molecule has 8 heteroatoms. The summed E-state index contributed by atoms with van der Waals surface area (Å²) in [4.78, 5) is 14.4. The zero-order chi connectivity index (χ0) is 22.1. The zero-order valence-corrected chi connectivity index (χ0v) is 20.2. The molecular weight excluding hydrogens is 396 g/mol. The Kier molecular flexibility index (Phi) is 6.28. The van der Waals surface area contributed by atoms with Crippen LogP contribution in [0.1, 0.15) is 26.3 Å². The van der Waals surface area contributed by atoms with Crippen molar-refractivity contribution < 1.29 is 14.3 Å². The fourth-order valence-corrected chi connectivity index (χ4v) is 4.16. The van der Waals surface area contributed by atoms with Crippen molar-refractivity contribution in [2.75, 3.05) is 23.9 Å². The topological polar surface area (TPSA) is 68.6 Å². The zero-order valence-electron chi connectivity index (χ0n) is 19.2. The van der Waals surface area contributed by atoms with Gasteiger partial charge in [0.2, 0.25) is 0 Å². The van der Waals surface area contributed by atoms with Gasteiger partial charge in [-0.15, -0.1) is 0 Å². The number of fused-ring (bicyclic) bond motifs is 3. The van der Waals surface area contributed by atoms with Gasteiger partial charge in [-0.25, -0.2) is 9.48 Å². The summed E-state index contributed by atoms with van der Waals surface area (Å²) in [6.07, 6.45) is 1.59. The van der Waals surface area contributed by atoms with E-state index in [1.54, 1.807) is 0 Å². The van der Waals surface area contributed by atoms with Crippen molar-refractivity contribution in [3.63, 3.8) is 0 Å². The van der Waals surface area contributed by atoms with Gasteiger partial charge in [0.1, 0.15) is 12.3 Å². The third-order valence-corrected chi connectivity index (χ3v) is 6.48.